The summed E-state index contributed by atoms with van der Waals surface area (Å²) in [5.74, 6) is -0.514. The van der Waals surface area contributed by atoms with Crippen molar-refractivity contribution in [3.63, 3.8) is 0 Å². The summed E-state index contributed by atoms with van der Waals surface area (Å²) < 4.78 is 42.3. The van der Waals surface area contributed by atoms with Gasteiger partial charge in [-0.15, -0.1) is 5.10 Å². The number of aryl methyl sites for hydroxylation is 1. The molecule has 4 heterocycles. The second-order valence-electron chi connectivity index (χ2n) is 8.41. The predicted octanol–water partition coefficient (Wildman–Crippen LogP) is 2.27. The fraction of sp³-hybridized carbons (Fsp3) is 0.421. The van der Waals surface area contributed by atoms with Crippen molar-refractivity contribution in [1.29, 1.82) is 0 Å². The van der Waals surface area contributed by atoms with E-state index in [4.69, 9.17) is 0 Å². The van der Waals surface area contributed by atoms with Crippen LogP contribution in [0, 0.1) is 5.41 Å². The molecule has 0 atom stereocenters. The average Bonchev–Trinajstić information content (AvgIpc) is 3.24. The van der Waals surface area contributed by atoms with Crippen LogP contribution in [0.15, 0.2) is 30.9 Å². The molecule has 168 valence electrons. The summed E-state index contributed by atoms with van der Waals surface area (Å²) in [6.07, 6.45) is 0.427. The molecule has 0 radical (unpaired) electrons. The number of amides is 2. The van der Waals surface area contributed by atoms with Crippen LogP contribution < -0.4 is 4.90 Å². The molecule has 1 aliphatic heterocycles. The molecule has 1 aliphatic carbocycles. The van der Waals surface area contributed by atoms with Gasteiger partial charge in [-0.05, 0) is 18.9 Å². The monoisotopic (exact) mass is 449 g/mol. The normalized spacial score (nSPS) is 17.9. The molecule has 5 rings (SSSR count). The Hall–Kier alpha value is -3.64. The molecule has 3 aromatic heterocycles. The van der Waals surface area contributed by atoms with Crippen molar-refractivity contribution in [1.82, 2.24) is 29.3 Å². The van der Waals surface area contributed by atoms with Crippen LogP contribution in [-0.2, 0) is 13.2 Å². The summed E-state index contributed by atoms with van der Waals surface area (Å²) >= 11 is 0. The molecule has 2 aliphatic rings. The number of fused-ring (bicyclic) bond motifs is 1. The summed E-state index contributed by atoms with van der Waals surface area (Å²) in [6.45, 7) is 0.900. The Bertz CT molecular complexity index is 1220. The number of carbonyl (C=O) groups excluding carboxylic acids is 1. The molecule has 1 spiro atoms. The number of imidazole rings is 1. The van der Waals surface area contributed by atoms with E-state index >= 15 is 0 Å². The number of carbonyl (C=O) groups is 2. The van der Waals surface area contributed by atoms with Gasteiger partial charge in [-0.2, -0.15) is 23.4 Å². The number of hydrogen-bond acceptors (Lipinski definition) is 5. The van der Waals surface area contributed by atoms with E-state index in [0.29, 0.717) is 49.4 Å². The fourth-order valence-electron chi connectivity index (χ4n) is 4.73. The van der Waals surface area contributed by atoms with Crippen molar-refractivity contribution in [2.24, 2.45) is 12.5 Å². The van der Waals surface area contributed by atoms with E-state index in [1.807, 2.05) is 7.05 Å². The number of carboxylic acid groups (broad SMARTS) is 1. The highest BCUT2D eigenvalue weighted by molar-refractivity contribution is 6.00. The predicted molar refractivity (Wildman–Crippen MR) is 103 cm³/mol. The lowest BCUT2D eigenvalue weighted by molar-refractivity contribution is -0.137. The Morgan fingerprint density at radius 3 is 2.59 bits per heavy atom. The van der Waals surface area contributed by atoms with Gasteiger partial charge in [-0.25, -0.2) is 9.31 Å². The van der Waals surface area contributed by atoms with Crippen molar-refractivity contribution in [2.45, 2.75) is 25.1 Å². The van der Waals surface area contributed by atoms with Gasteiger partial charge in [0.15, 0.2) is 5.82 Å². The van der Waals surface area contributed by atoms with Gasteiger partial charge in [0.1, 0.15) is 11.2 Å². The molecule has 2 amide bonds. The smallest absolute Gasteiger partial charge is 0.418 e. The molecular formula is C19H18F3N7O3. The third-order valence-electron chi connectivity index (χ3n) is 6.23. The molecule has 32 heavy (non-hydrogen) atoms. The van der Waals surface area contributed by atoms with Crippen LogP contribution in [0.5, 0.6) is 0 Å². The van der Waals surface area contributed by atoms with E-state index < -0.39 is 23.9 Å². The van der Waals surface area contributed by atoms with Crippen molar-refractivity contribution in [2.75, 3.05) is 18.0 Å². The number of alkyl halides is 3. The lowest BCUT2D eigenvalue weighted by Crippen LogP contribution is -2.68. The first kappa shape index (κ1) is 20.3. The number of likely N-dealkylation sites (tertiary alicyclic amines) is 1. The minimum Gasteiger partial charge on any atom is -0.465 e. The van der Waals surface area contributed by atoms with Gasteiger partial charge in [0.25, 0.3) is 5.91 Å². The highest BCUT2D eigenvalue weighted by Gasteiger charge is 2.56. The number of nitrogens with zero attached hydrogens (tertiary/aromatic N) is 7. The highest BCUT2D eigenvalue weighted by atomic mass is 19.4. The second-order valence-corrected chi connectivity index (χ2v) is 8.41. The first-order valence-corrected chi connectivity index (χ1v) is 9.78. The van der Waals surface area contributed by atoms with E-state index in [1.54, 1.807) is 26.4 Å². The van der Waals surface area contributed by atoms with E-state index in [-0.39, 0.29) is 17.1 Å². The lowest BCUT2D eigenvalue weighted by atomic mass is 9.60. The zero-order valence-corrected chi connectivity index (χ0v) is 16.8. The molecule has 0 bridgehead atoms. The van der Waals surface area contributed by atoms with Crippen LogP contribution in [0.3, 0.4) is 0 Å². The number of aromatic nitrogens is 5. The Morgan fingerprint density at radius 2 is 1.94 bits per heavy atom. The topological polar surface area (TPSA) is 109 Å². The maximum atomic E-state index is 13.0. The molecule has 10 nitrogen and oxygen atoms in total. The molecule has 3 aromatic rings. The van der Waals surface area contributed by atoms with E-state index in [9.17, 15) is 27.9 Å². The third-order valence-corrected chi connectivity index (χ3v) is 6.23. The van der Waals surface area contributed by atoms with Gasteiger partial charge >= 0.3 is 12.3 Å². The van der Waals surface area contributed by atoms with Gasteiger partial charge in [-0.3, -0.25) is 9.69 Å². The summed E-state index contributed by atoms with van der Waals surface area (Å²) in [4.78, 5) is 27.2. The summed E-state index contributed by atoms with van der Waals surface area (Å²) in [7, 11) is 1.82. The van der Waals surface area contributed by atoms with Gasteiger partial charge in [-0.1, -0.05) is 0 Å². The fourth-order valence-corrected chi connectivity index (χ4v) is 4.73. The zero-order chi connectivity index (χ0) is 22.8. The summed E-state index contributed by atoms with van der Waals surface area (Å²) in [5, 5.41) is 20.7. The lowest BCUT2D eigenvalue weighted by Gasteiger charge is -2.60. The molecule has 1 saturated heterocycles. The van der Waals surface area contributed by atoms with Crippen LogP contribution in [0.2, 0.25) is 0 Å². The van der Waals surface area contributed by atoms with Gasteiger partial charge < -0.3 is 14.6 Å². The summed E-state index contributed by atoms with van der Waals surface area (Å²) in [6, 6.07) is 0.159. The van der Waals surface area contributed by atoms with Gasteiger partial charge in [0.2, 0.25) is 0 Å². The number of halogens is 3. The Kier molecular flexibility index (Phi) is 4.23. The van der Waals surface area contributed by atoms with Crippen molar-refractivity contribution in [3.05, 3.63) is 42.0 Å². The Morgan fingerprint density at radius 1 is 1.22 bits per heavy atom. The zero-order valence-electron chi connectivity index (χ0n) is 16.8. The maximum absolute atomic E-state index is 13.0. The first-order valence-electron chi connectivity index (χ1n) is 9.78. The molecule has 0 aromatic carbocycles. The molecule has 2 fully saturated rings. The van der Waals surface area contributed by atoms with Crippen molar-refractivity contribution < 1.29 is 27.9 Å². The Labute approximate surface area is 178 Å². The molecule has 0 unspecified atom stereocenters. The van der Waals surface area contributed by atoms with Crippen LogP contribution in [0.4, 0.5) is 23.8 Å². The second kappa shape index (κ2) is 6.68. The molecule has 1 N–H and O–H groups in total. The average molecular weight is 449 g/mol. The molecule has 13 heteroatoms. The van der Waals surface area contributed by atoms with Crippen LogP contribution >= 0.6 is 0 Å². The first-order chi connectivity index (χ1) is 15.1. The van der Waals surface area contributed by atoms with Crippen LogP contribution in [-0.4, -0.2) is 65.5 Å². The minimum atomic E-state index is -4.65. The number of hydrogen-bond donors (Lipinski definition) is 1. The van der Waals surface area contributed by atoms with Crippen LogP contribution in [0.25, 0.3) is 5.65 Å². The quantitative estimate of drug-likeness (QED) is 0.657. The van der Waals surface area contributed by atoms with E-state index in [2.05, 4.69) is 15.3 Å². The van der Waals surface area contributed by atoms with Gasteiger partial charge in [0.05, 0.1) is 18.0 Å². The van der Waals surface area contributed by atoms with Crippen molar-refractivity contribution >= 4 is 23.5 Å². The SMILES string of the molecule is Cn1ccn2ncc(C(=O)N3CC4(CC(N(C(=O)O)c5cc(C(F)(F)F)cnn5)C4)C3)c12. The standard InChI is InChI=1S/C19H18F3N7O3/c1-26-2-3-28-15(26)13(8-24-28)16(30)27-9-18(10-27)5-12(6-18)29(17(31)32)14-4-11(7-23-25-14)19(20,21)22/h2-4,7-8,12H,5-6,9-10H2,1H3,(H,31,32). The van der Waals surface area contributed by atoms with Crippen molar-refractivity contribution in [3.8, 4) is 0 Å². The third kappa shape index (κ3) is 3.07. The van der Waals surface area contributed by atoms with E-state index in [0.717, 1.165) is 4.90 Å². The summed E-state index contributed by atoms with van der Waals surface area (Å²) in [5.41, 5.74) is -0.141. The van der Waals surface area contributed by atoms with E-state index in [1.165, 1.54) is 6.20 Å². The number of rotatable bonds is 3. The van der Waals surface area contributed by atoms with Crippen LogP contribution in [0.1, 0.15) is 28.8 Å². The highest BCUT2D eigenvalue weighted by Crippen LogP contribution is 2.51. The largest absolute Gasteiger partial charge is 0.465 e. The number of anilines is 1. The molecule has 1 saturated carbocycles. The minimum absolute atomic E-state index is 0.158. The van der Waals surface area contributed by atoms with Gasteiger partial charge in [0, 0.05) is 44.0 Å². The molecular weight excluding hydrogens is 431 g/mol. The Balaban J connectivity index is 1.27. The maximum Gasteiger partial charge on any atom is 0.418 e.